The second-order valence-corrected chi connectivity index (χ2v) is 2.99. The summed E-state index contributed by atoms with van der Waals surface area (Å²) in [5.41, 5.74) is 8.09. The van der Waals surface area contributed by atoms with Gasteiger partial charge in [0.15, 0.2) is 0 Å². The highest BCUT2D eigenvalue weighted by Crippen LogP contribution is 2.22. The van der Waals surface area contributed by atoms with E-state index in [0.29, 0.717) is 11.0 Å². The zero-order valence-electron chi connectivity index (χ0n) is 6.58. The van der Waals surface area contributed by atoms with Crippen molar-refractivity contribution in [1.82, 2.24) is 9.55 Å². The van der Waals surface area contributed by atoms with E-state index in [-0.39, 0.29) is 0 Å². The van der Waals surface area contributed by atoms with Gasteiger partial charge in [0.1, 0.15) is 5.52 Å². The monoisotopic (exact) mass is 181 g/mol. The van der Waals surface area contributed by atoms with Gasteiger partial charge in [-0.15, -0.1) is 0 Å². The Morgan fingerprint density at radius 3 is 2.92 bits per heavy atom. The van der Waals surface area contributed by atoms with Crippen molar-refractivity contribution in [2.45, 2.75) is 0 Å². The van der Waals surface area contributed by atoms with Crippen LogP contribution in [0.4, 0.5) is 5.69 Å². The van der Waals surface area contributed by atoms with Crippen LogP contribution >= 0.6 is 11.6 Å². The predicted octanol–water partition coefficient (Wildman–Crippen LogP) is 1.81. The molecule has 2 N–H and O–H groups in total. The van der Waals surface area contributed by atoms with Crippen molar-refractivity contribution in [3.63, 3.8) is 0 Å². The van der Waals surface area contributed by atoms with Gasteiger partial charge in [-0.25, -0.2) is 4.98 Å². The van der Waals surface area contributed by atoms with Crippen molar-refractivity contribution in [2.24, 2.45) is 7.05 Å². The molecule has 0 bridgehead atoms. The summed E-state index contributed by atoms with van der Waals surface area (Å²) >= 11 is 5.82. The van der Waals surface area contributed by atoms with E-state index >= 15 is 0 Å². The largest absolute Gasteiger partial charge is 0.397 e. The Morgan fingerprint density at radius 2 is 2.25 bits per heavy atom. The lowest BCUT2D eigenvalue weighted by Gasteiger charge is -1.95. The highest BCUT2D eigenvalue weighted by molar-refractivity contribution is 6.29. The van der Waals surface area contributed by atoms with Crippen LogP contribution in [0.2, 0.25) is 5.28 Å². The van der Waals surface area contributed by atoms with Gasteiger partial charge in [0, 0.05) is 7.05 Å². The fourth-order valence-electron chi connectivity index (χ4n) is 1.21. The smallest absolute Gasteiger partial charge is 0.203 e. The van der Waals surface area contributed by atoms with Crippen molar-refractivity contribution in [2.75, 3.05) is 5.73 Å². The third-order valence-electron chi connectivity index (χ3n) is 1.89. The molecule has 1 heterocycles. The van der Waals surface area contributed by atoms with Crippen LogP contribution in [0.5, 0.6) is 0 Å². The van der Waals surface area contributed by atoms with Crippen molar-refractivity contribution in [1.29, 1.82) is 0 Å². The summed E-state index contributed by atoms with van der Waals surface area (Å²) in [7, 11) is 1.86. The Hall–Kier alpha value is -1.22. The third-order valence-corrected chi connectivity index (χ3v) is 2.23. The Bertz CT molecular complexity index is 433. The molecule has 0 amide bonds. The van der Waals surface area contributed by atoms with E-state index in [9.17, 15) is 0 Å². The third kappa shape index (κ3) is 0.865. The molecule has 3 nitrogen and oxygen atoms in total. The summed E-state index contributed by atoms with van der Waals surface area (Å²) in [6, 6.07) is 5.63. The maximum atomic E-state index is 5.82. The summed E-state index contributed by atoms with van der Waals surface area (Å²) in [5.74, 6) is 0. The minimum absolute atomic E-state index is 0.461. The van der Waals surface area contributed by atoms with Crippen molar-refractivity contribution >= 4 is 28.3 Å². The molecule has 1 aromatic carbocycles. The number of aromatic nitrogens is 2. The number of nitrogens with two attached hydrogens (primary N) is 1. The summed E-state index contributed by atoms with van der Waals surface area (Å²) in [4.78, 5) is 4.12. The van der Waals surface area contributed by atoms with Crippen LogP contribution in [-0.4, -0.2) is 9.55 Å². The van der Waals surface area contributed by atoms with E-state index in [2.05, 4.69) is 4.98 Å². The van der Waals surface area contributed by atoms with E-state index in [4.69, 9.17) is 17.3 Å². The predicted molar refractivity (Wildman–Crippen MR) is 50.1 cm³/mol. The van der Waals surface area contributed by atoms with Crippen LogP contribution in [0.1, 0.15) is 0 Å². The average molecular weight is 182 g/mol. The number of benzene rings is 1. The van der Waals surface area contributed by atoms with Crippen molar-refractivity contribution < 1.29 is 0 Å². The number of nitrogen functional groups attached to an aromatic ring is 1. The van der Waals surface area contributed by atoms with Crippen LogP contribution in [0.3, 0.4) is 0 Å². The zero-order chi connectivity index (χ0) is 8.72. The summed E-state index contributed by atoms with van der Waals surface area (Å²) in [6.45, 7) is 0. The van der Waals surface area contributed by atoms with Gasteiger partial charge < -0.3 is 10.3 Å². The number of hydrogen-bond acceptors (Lipinski definition) is 2. The molecule has 0 spiro atoms. The van der Waals surface area contributed by atoms with Gasteiger partial charge in [0.25, 0.3) is 0 Å². The molecule has 4 heteroatoms. The van der Waals surface area contributed by atoms with E-state index in [1.54, 1.807) is 4.57 Å². The van der Waals surface area contributed by atoms with E-state index in [1.165, 1.54) is 0 Å². The van der Waals surface area contributed by atoms with E-state index in [1.807, 2.05) is 25.2 Å². The minimum Gasteiger partial charge on any atom is -0.397 e. The van der Waals surface area contributed by atoms with Crippen LogP contribution in [0.25, 0.3) is 11.0 Å². The van der Waals surface area contributed by atoms with Gasteiger partial charge in [-0.05, 0) is 23.7 Å². The van der Waals surface area contributed by atoms with Gasteiger partial charge in [-0.3, -0.25) is 0 Å². The molecule has 0 unspecified atom stereocenters. The van der Waals surface area contributed by atoms with Crippen LogP contribution in [0.15, 0.2) is 18.2 Å². The van der Waals surface area contributed by atoms with E-state index < -0.39 is 0 Å². The number of rotatable bonds is 0. The number of imidazole rings is 1. The number of halogens is 1. The Kier molecular flexibility index (Phi) is 1.48. The Morgan fingerprint density at radius 1 is 1.50 bits per heavy atom. The lowest BCUT2D eigenvalue weighted by molar-refractivity contribution is 0.949. The number of fused-ring (bicyclic) bond motifs is 1. The summed E-state index contributed by atoms with van der Waals surface area (Å²) < 4.78 is 1.80. The quantitative estimate of drug-likeness (QED) is 0.630. The van der Waals surface area contributed by atoms with Crippen LogP contribution in [-0.2, 0) is 7.05 Å². The molecule has 1 aromatic heterocycles. The first-order chi connectivity index (χ1) is 5.70. The molecule has 0 aliphatic rings. The second kappa shape index (κ2) is 2.38. The van der Waals surface area contributed by atoms with Gasteiger partial charge in [-0.1, -0.05) is 6.07 Å². The molecule has 0 radical (unpaired) electrons. The minimum atomic E-state index is 0.461. The first-order valence-corrected chi connectivity index (χ1v) is 3.94. The Balaban J connectivity index is 2.95. The molecule has 62 valence electrons. The molecule has 12 heavy (non-hydrogen) atoms. The molecule has 0 fully saturated rings. The standard InChI is InChI=1S/C8H8ClN3/c1-12-6-4-2-3-5(10)7(6)11-8(12)9/h2-4H,10H2,1H3. The van der Waals surface area contributed by atoms with Crippen LogP contribution in [0, 0.1) is 0 Å². The van der Waals surface area contributed by atoms with Gasteiger partial charge in [0.2, 0.25) is 5.28 Å². The number of aryl methyl sites for hydroxylation is 1. The first-order valence-electron chi connectivity index (χ1n) is 3.56. The summed E-state index contributed by atoms with van der Waals surface area (Å²) in [5, 5.41) is 0.461. The molecule has 0 saturated heterocycles. The highest BCUT2D eigenvalue weighted by Gasteiger charge is 2.06. The number of para-hydroxylation sites is 1. The lowest BCUT2D eigenvalue weighted by atomic mass is 10.3. The molecule has 2 rings (SSSR count). The summed E-state index contributed by atoms with van der Waals surface area (Å²) in [6.07, 6.45) is 0. The molecule has 0 saturated carbocycles. The molecule has 0 atom stereocenters. The first kappa shape index (κ1) is 7.43. The fourth-order valence-corrected chi connectivity index (χ4v) is 1.38. The lowest BCUT2D eigenvalue weighted by Crippen LogP contribution is -1.88. The maximum Gasteiger partial charge on any atom is 0.203 e. The highest BCUT2D eigenvalue weighted by atomic mass is 35.5. The Labute approximate surface area is 74.8 Å². The molecule has 0 aliphatic heterocycles. The number of hydrogen-bond donors (Lipinski definition) is 1. The van der Waals surface area contributed by atoms with Gasteiger partial charge in [-0.2, -0.15) is 0 Å². The normalized spacial score (nSPS) is 10.8. The molecular formula is C8H8ClN3. The second-order valence-electron chi connectivity index (χ2n) is 2.65. The SMILES string of the molecule is Cn1c(Cl)nc2c(N)cccc21. The van der Waals surface area contributed by atoms with Crippen molar-refractivity contribution in [3.8, 4) is 0 Å². The topological polar surface area (TPSA) is 43.8 Å². The maximum absolute atomic E-state index is 5.82. The molecule has 2 aromatic rings. The molecular weight excluding hydrogens is 174 g/mol. The van der Waals surface area contributed by atoms with Gasteiger partial charge in [0.05, 0.1) is 11.2 Å². The molecule has 0 aliphatic carbocycles. The average Bonchev–Trinajstić information content (AvgIpc) is 2.32. The number of anilines is 1. The van der Waals surface area contributed by atoms with Crippen molar-refractivity contribution in [3.05, 3.63) is 23.5 Å². The fraction of sp³-hybridized carbons (Fsp3) is 0.125. The van der Waals surface area contributed by atoms with Gasteiger partial charge >= 0.3 is 0 Å². The number of nitrogens with zero attached hydrogens (tertiary/aromatic N) is 2. The van der Waals surface area contributed by atoms with E-state index in [0.717, 1.165) is 11.0 Å². The van der Waals surface area contributed by atoms with Crippen LogP contribution < -0.4 is 5.73 Å². The zero-order valence-corrected chi connectivity index (χ0v) is 7.34.